The van der Waals surface area contributed by atoms with Gasteiger partial charge < -0.3 is 10.2 Å². The van der Waals surface area contributed by atoms with Crippen LogP contribution in [0, 0.1) is 17.2 Å². The Morgan fingerprint density at radius 1 is 1.40 bits per heavy atom. The monoisotopic (exact) mass is 209 g/mol. The predicted octanol–water partition coefficient (Wildman–Crippen LogP) is 1.73. The highest BCUT2D eigenvalue weighted by molar-refractivity contribution is 5.74. The fraction of sp³-hybridized carbons (Fsp3) is 0.818. The molecule has 2 amide bonds. The van der Waals surface area contributed by atoms with Gasteiger partial charge in [-0.2, -0.15) is 5.26 Å². The molecule has 1 unspecified atom stereocenters. The third-order valence-electron chi connectivity index (χ3n) is 2.67. The second kappa shape index (κ2) is 6.28. The van der Waals surface area contributed by atoms with Crippen molar-refractivity contribution in [2.75, 3.05) is 19.6 Å². The number of amides is 2. The van der Waals surface area contributed by atoms with Crippen LogP contribution in [0.5, 0.6) is 0 Å². The first-order valence-corrected chi connectivity index (χ1v) is 5.66. The maximum absolute atomic E-state index is 11.7. The lowest BCUT2D eigenvalue weighted by atomic mass is 10.2. The third-order valence-corrected chi connectivity index (χ3v) is 2.67. The van der Waals surface area contributed by atoms with Gasteiger partial charge in [-0.15, -0.1) is 0 Å². The molecule has 1 N–H and O–H groups in total. The van der Waals surface area contributed by atoms with Gasteiger partial charge in [0.1, 0.15) is 0 Å². The second-order valence-electron chi connectivity index (χ2n) is 4.12. The number of carbonyl (C=O) groups excluding carboxylic acids is 1. The summed E-state index contributed by atoms with van der Waals surface area (Å²) in [4.78, 5) is 13.5. The van der Waals surface area contributed by atoms with Crippen LogP contribution >= 0.6 is 0 Å². The van der Waals surface area contributed by atoms with Gasteiger partial charge in [-0.05, 0) is 19.8 Å². The second-order valence-corrected chi connectivity index (χ2v) is 4.12. The molecule has 0 spiro atoms. The maximum atomic E-state index is 11.7. The molecule has 15 heavy (non-hydrogen) atoms. The summed E-state index contributed by atoms with van der Waals surface area (Å²) in [5.74, 6) is -0.110. The van der Waals surface area contributed by atoms with E-state index in [1.54, 1.807) is 0 Å². The fourth-order valence-electron chi connectivity index (χ4n) is 1.67. The number of nitrogens with zero attached hydrogens (tertiary/aromatic N) is 2. The molecule has 1 aliphatic heterocycles. The van der Waals surface area contributed by atoms with Gasteiger partial charge in [0.2, 0.25) is 0 Å². The Bertz CT molecular complexity index is 239. The molecule has 0 bridgehead atoms. The van der Waals surface area contributed by atoms with Crippen molar-refractivity contribution in [3.8, 4) is 6.07 Å². The minimum absolute atomic E-state index is 0.0148. The largest absolute Gasteiger partial charge is 0.337 e. The van der Waals surface area contributed by atoms with E-state index in [-0.39, 0.29) is 11.9 Å². The van der Waals surface area contributed by atoms with Crippen LogP contribution < -0.4 is 5.32 Å². The number of hydrogen-bond acceptors (Lipinski definition) is 2. The summed E-state index contributed by atoms with van der Waals surface area (Å²) in [5, 5.41) is 11.4. The van der Waals surface area contributed by atoms with Crippen LogP contribution in [0.25, 0.3) is 0 Å². The highest BCUT2D eigenvalue weighted by Crippen LogP contribution is 2.09. The van der Waals surface area contributed by atoms with Crippen molar-refractivity contribution >= 4 is 6.03 Å². The molecule has 1 fully saturated rings. The highest BCUT2D eigenvalue weighted by Gasteiger charge is 2.15. The van der Waals surface area contributed by atoms with Gasteiger partial charge in [-0.3, -0.25) is 0 Å². The van der Waals surface area contributed by atoms with Crippen LogP contribution in [-0.2, 0) is 0 Å². The van der Waals surface area contributed by atoms with Crippen LogP contribution in [0.4, 0.5) is 4.79 Å². The Labute approximate surface area is 91.2 Å². The van der Waals surface area contributed by atoms with Crippen LogP contribution in [-0.4, -0.2) is 30.6 Å². The Morgan fingerprint density at radius 3 is 2.53 bits per heavy atom. The quantitative estimate of drug-likeness (QED) is 0.753. The number of likely N-dealkylation sites (tertiary alicyclic amines) is 1. The van der Waals surface area contributed by atoms with Gasteiger partial charge in [0.05, 0.1) is 12.0 Å². The number of nitrogens with one attached hydrogen (secondary N) is 1. The summed E-state index contributed by atoms with van der Waals surface area (Å²) in [6, 6.07) is 2.09. The number of hydrogen-bond donors (Lipinski definition) is 1. The number of rotatable bonds is 2. The van der Waals surface area contributed by atoms with Gasteiger partial charge in [0.15, 0.2) is 0 Å². The lowest BCUT2D eigenvalue weighted by Gasteiger charge is -2.21. The maximum Gasteiger partial charge on any atom is 0.317 e. The molecule has 1 atom stereocenters. The SMILES string of the molecule is CC(C#N)CNC(=O)N1CCCCCC1. The lowest BCUT2D eigenvalue weighted by molar-refractivity contribution is 0.199. The van der Waals surface area contributed by atoms with E-state index >= 15 is 0 Å². The van der Waals surface area contributed by atoms with Crippen molar-refractivity contribution in [1.82, 2.24) is 10.2 Å². The summed E-state index contributed by atoms with van der Waals surface area (Å²) >= 11 is 0. The van der Waals surface area contributed by atoms with Crippen LogP contribution in [0.1, 0.15) is 32.6 Å². The average Bonchev–Trinajstić information content (AvgIpc) is 2.53. The fourth-order valence-corrected chi connectivity index (χ4v) is 1.67. The molecule has 1 saturated heterocycles. The smallest absolute Gasteiger partial charge is 0.317 e. The lowest BCUT2D eigenvalue weighted by Crippen LogP contribution is -2.41. The molecule has 1 aliphatic rings. The molecule has 1 heterocycles. The van der Waals surface area contributed by atoms with E-state index in [9.17, 15) is 4.79 Å². The first kappa shape index (κ1) is 11.8. The van der Waals surface area contributed by atoms with Crippen molar-refractivity contribution in [3.63, 3.8) is 0 Å². The van der Waals surface area contributed by atoms with Crippen molar-refractivity contribution in [3.05, 3.63) is 0 Å². The molecule has 4 nitrogen and oxygen atoms in total. The zero-order chi connectivity index (χ0) is 11.1. The zero-order valence-electron chi connectivity index (χ0n) is 9.33. The van der Waals surface area contributed by atoms with E-state index in [4.69, 9.17) is 5.26 Å². The van der Waals surface area contributed by atoms with E-state index in [1.165, 1.54) is 12.8 Å². The topological polar surface area (TPSA) is 56.1 Å². The first-order valence-electron chi connectivity index (χ1n) is 5.66. The van der Waals surface area contributed by atoms with E-state index < -0.39 is 0 Å². The summed E-state index contributed by atoms with van der Waals surface area (Å²) in [5.41, 5.74) is 0. The molecule has 0 aromatic rings. The van der Waals surface area contributed by atoms with Crippen LogP contribution in [0.3, 0.4) is 0 Å². The number of carbonyl (C=O) groups is 1. The highest BCUT2D eigenvalue weighted by atomic mass is 16.2. The molecular formula is C11H19N3O. The molecule has 0 aliphatic carbocycles. The zero-order valence-corrected chi connectivity index (χ0v) is 9.33. The molecule has 4 heteroatoms. The summed E-state index contributed by atoms with van der Waals surface area (Å²) < 4.78 is 0. The minimum Gasteiger partial charge on any atom is -0.337 e. The van der Waals surface area contributed by atoms with E-state index in [1.807, 2.05) is 11.8 Å². The number of urea groups is 1. The van der Waals surface area contributed by atoms with Gasteiger partial charge >= 0.3 is 6.03 Å². The standard InChI is InChI=1S/C11H19N3O/c1-10(8-12)9-13-11(15)14-6-4-2-3-5-7-14/h10H,2-7,9H2,1H3,(H,13,15). The van der Waals surface area contributed by atoms with Gasteiger partial charge in [-0.25, -0.2) is 4.79 Å². The molecule has 0 radical (unpaired) electrons. The van der Waals surface area contributed by atoms with E-state index in [2.05, 4.69) is 11.4 Å². The van der Waals surface area contributed by atoms with Gasteiger partial charge in [-0.1, -0.05) is 12.8 Å². The first-order chi connectivity index (χ1) is 7.24. The Balaban J connectivity index is 2.29. The van der Waals surface area contributed by atoms with Crippen molar-refractivity contribution in [1.29, 1.82) is 5.26 Å². The van der Waals surface area contributed by atoms with Gasteiger partial charge in [0.25, 0.3) is 0 Å². The van der Waals surface area contributed by atoms with E-state index in [0.717, 1.165) is 25.9 Å². The average molecular weight is 209 g/mol. The molecule has 0 aromatic carbocycles. The Hall–Kier alpha value is -1.24. The van der Waals surface area contributed by atoms with Gasteiger partial charge in [0, 0.05) is 19.6 Å². The molecular weight excluding hydrogens is 190 g/mol. The number of nitriles is 1. The summed E-state index contributed by atoms with van der Waals surface area (Å²) in [6.07, 6.45) is 4.64. The van der Waals surface area contributed by atoms with Crippen molar-refractivity contribution in [2.45, 2.75) is 32.6 Å². The minimum atomic E-state index is -0.110. The molecule has 0 saturated carbocycles. The van der Waals surface area contributed by atoms with Crippen LogP contribution in [0.2, 0.25) is 0 Å². The predicted molar refractivity (Wildman–Crippen MR) is 58.2 cm³/mol. The van der Waals surface area contributed by atoms with Crippen molar-refractivity contribution < 1.29 is 4.79 Å². The molecule has 0 aromatic heterocycles. The van der Waals surface area contributed by atoms with Crippen molar-refractivity contribution in [2.24, 2.45) is 5.92 Å². The molecule has 1 rings (SSSR count). The van der Waals surface area contributed by atoms with E-state index in [0.29, 0.717) is 6.54 Å². The Morgan fingerprint density at radius 2 is 2.00 bits per heavy atom. The summed E-state index contributed by atoms with van der Waals surface area (Å²) in [7, 11) is 0. The molecule has 84 valence electrons. The Kier molecular flexibility index (Phi) is 4.96. The van der Waals surface area contributed by atoms with Crippen LogP contribution in [0.15, 0.2) is 0 Å². The third kappa shape index (κ3) is 4.20. The summed E-state index contributed by atoms with van der Waals surface area (Å²) in [6.45, 7) is 3.97. The normalized spacial score (nSPS) is 18.8.